The van der Waals surface area contributed by atoms with Crippen molar-refractivity contribution in [3.63, 3.8) is 0 Å². The predicted molar refractivity (Wildman–Crippen MR) is 110 cm³/mol. The lowest BCUT2D eigenvalue weighted by Crippen LogP contribution is -2.13. The van der Waals surface area contributed by atoms with Crippen molar-refractivity contribution in [2.24, 2.45) is 0 Å². The summed E-state index contributed by atoms with van der Waals surface area (Å²) in [5.41, 5.74) is 4.42. The van der Waals surface area contributed by atoms with Gasteiger partial charge in [0, 0.05) is 11.6 Å². The number of aromatic amines is 1. The van der Waals surface area contributed by atoms with E-state index in [1.54, 1.807) is 12.1 Å². The summed E-state index contributed by atoms with van der Waals surface area (Å²) in [6.45, 7) is 1.97. The highest BCUT2D eigenvalue weighted by Crippen LogP contribution is 2.33. The molecule has 2 N–H and O–H groups in total. The molecule has 3 aromatic carbocycles. The van der Waals surface area contributed by atoms with Crippen molar-refractivity contribution < 1.29 is 8.42 Å². The average molecular weight is 387 g/mol. The fraction of sp³-hybridized carbons (Fsp3) is 0.0455. The van der Waals surface area contributed by atoms with Crippen molar-refractivity contribution >= 4 is 26.6 Å². The SMILES string of the molecule is Cc1c[nH]c2c(NS(=O)(=O)c3cccc(C#N)c3)cc(-c3ccccc3)cc12. The summed E-state index contributed by atoms with van der Waals surface area (Å²) < 4.78 is 28.6. The summed E-state index contributed by atoms with van der Waals surface area (Å²) in [5.74, 6) is 0. The van der Waals surface area contributed by atoms with Crippen LogP contribution >= 0.6 is 0 Å². The normalized spacial score (nSPS) is 11.3. The van der Waals surface area contributed by atoms with Crippen LogP contribution in [0.5, 0.6) is 0 Å². The zero-order valence-corrected chi connectivity index (χ0v) is 15.9. The second-order valence-corrected chi connectivity index (χ2v) is 8.21. The highest BCUT2D eigenvalue weighted by atomic mass is 32.2. The molecule has 0 saturated heterocycles. The van der Waals surface area contributed by atoms with Gasteiger partial charge in [-0.3, -0.25) is 4.72 Å². The first-order chi connectivity index (χ1) is 13.5. The zero-order chi connectivity index (χ0) is 19.7. The van der Waals surface area contributed by atoms with Crippen LogP contribution in [0.15, 0.2) is 77.8 Å². The van der Waals surface area contributed by atoms with Gasteiger partial charge in [0.15, 0.2) is 0 Å². The third-order valence-electron chi connectivity index (χ3n) is 4.62. The molecule has 5 nitrogen and oxygen atoms in total. The highest BCUT2D eigenvalue weighted by Gasteiger charge is 2.18. The van der Waals surface area contributed by atoms with Crippen molar-refractivity contribution in [2.75, 3.05) is 4.72 Å². The van der Waals surface area contributed by atoms with E-state index in [1.165, 1.54) is 12.1 Å². The zero-order valence-electron chi connectivity index (χ0n) is 15.1. The number of nitrogens with zero attached hydrogens (tertiary/aromatic N) is 1. The van der Waals surface area contributed by atoms with Gasteiger partial charge in [0.1, 0.15) is 0 Å². The van der Waals surface area contributed by atoms with Crippen LogP contribution in [0.4, 0.5) is 5.69 Å². The Hall–Kier alpha value is -3.56. The first kappa shape index (κ1) is 17.8. The third-order valence-corrected chi connectivity index (χ3v) is 5.98. The van der Waals surface area contributed by atoms with E-state index < -0.39 is 10.0 Å². The summed E-state index contributed by atoms with van der Waals surface area (Å²) in [4.78, 5) is 3.20. The lowest BCUT2D eigenvalue weighted by molar-refractivity contribution is 0.601. The maximum absolute atomic E-state index is 12.9. The van der Waals surface area contributed by atoms with Crippen molar-refractivity contribution in [1.29, 1.82) is 5.26 Å². The molecule has 0 unspecified atom stereocenters. The largest absolute Gasteiger partial charge is 0.359 e. The van der Waals surface area contributed by atoms with Crippen LogP contribution in [0.3, 0.4) is 0 Å². The van der Waals surface area contributed by atoms with Crippen LogP contribution in [0.1, 0.15) is 11.1 Å². The first-order valence-electron chi connectivity index (χ1n) is 8.68. The number of anilines is 1. The Morgan fingerprint density at radius 2 is 1.75 bits per heavy atom. The van der Waals surface area contributed by atoms with E-state index in [9.17, 15) is 8.42 Å². The predicted octanol–water partition coefficient (Wildman–Crippen LogP) is 4.82. The third kappa shape index (κ3) is 3.24. The molecule has 0 aliphatic carbocycles. The number of nitrogens with one attached hydrogen (secondary N) is 2. The van der Waals surface area contributed by atoms with Gasteiger partial charge in [-0.25, -0.2) is 8.42 Å². The minimum absolute atomic E-state index is 0.0492. The van der Waals surface area contributed by atoms with Gasteiger partial charge in [0.25, 0.3) is 10.0 Å². The Kier molecular flexibility index (Phi) is 4.38. The smallest absolute Gasteiger partial charge is 0.262 e. The molecule has 0 atom stereocenters. The van der Waals surface area contributed by atoms with E-state index in [-0.39, 0.29) is 4.90 Å². The highest BCUT2D eigenvalue weighted by molar-refractivity contribution is 7.92. The topological polar surface area (TPSA) is 85.8 Å². The Morgan fingerprint density at radius 1 is 0.964 bits per heavy atom. The lowest BCUT2D eigenvalue weighted by Gasteiger charge is -2.12. The minimum Gasteiger partial charge on any atom is -0.359 e. The average Bonchev–Trinajstić information content (AvgIpc) is 3.10. The molecule has 4 aromatic rings. The van der Waals surface area contributed by atoms with Gasteiger partial charge in [0.05, 0.1) is 27.7 Å². The minimum atomic E-state index is -3.85. The molecule has 4 rings (SSSR count). The van der Waals surface area contributed by atoms with E-state index in [0.29, 0.717) is 11.3 Å². The van der Waals surface area contributed by atoms with E-state index in [2.05, 4.69) is 9.71 Å². The Balaban J connectivity index is 1.85. The number of hydrogen-bond donors (Lipinski definition) is 2. The Bertz CT molecular complexity index is 1320. The molecule has 0 bridgehead atoms. The van der Waals surface area contributed by atoms with Crippen molar-refractivity contribution in [1.82, 2.24) is 4.98 Å². The van der Waals surface area contributed by atoms with Gasteiger partial charge in [-0.15, -0.1) is 0 Å². The second-order valence-electron chi connectivity index (χ2n) is 6.53. The standard InChI is InChI=1S/C22H17N3O2S/c1-15-14-24-22-20(15)11-18(17-7-3-2-4-8-17)12-21(22)25-28(26,27)19-9-5-6-16(10-19)13-23/h2-12,14,24-25H,1H3. The quantitative estimate of drug-likeness (QED) is 0.527. The van der Waals surface area contributed by atoms with Gasteiger partial charge in [0.2, 0.25) is 0 Å². The number of aromatic nitrogens is 1. The number of aryl methyl sites for hydroxylation is 1. The molecule has 0 fully saturated rings. The van der Waals surface area contributed by atoms with E-state index >= 15 is 0 Å². The molecular formula is C22H17N3O2S. The van der Waals surface area contributed by atoms with Crippen LogP contribution in [-0.4, -0.2) is 13.4 Å². The van der Waals surface area contributed by atoms with Gasteiger partial charge >= 0.3 is 0 Å². The van der Waals surface area contributed by atoms with Crippen LogP contribution < -0.4 is 4.72 Å². The van der Waals surface area contributed by atoms with Crippen LogP contribution in [0.2, 0.25) is 0 Å². The van der Waals surface area contributed by atoms with E-state index in [0.717, 1.165) is 27.6 Å². The molecular weight excluding hydrogens is 370 g/mol. The summed E-state index contributed by atoms with van der Waals surface area (Å²) in [5, 5.41) is 10.0. The molecule has 0 spiro atoms. The van der Waals surface area contributed by atoms with E-state index in [4.69, 9.17) is 5.26 Å². The number of sulfonamides is 1. The van der Waals surface area contributed by atoms with Crippen molar-refractivity contribution in [3.05, 3.63) is 84.1 Å². The maximum Gasteiger partial charge on any atom is 0.262 e. The molecule has 1 heterocycles. The number of rotatable bonds is 4. The number of hydrogen-bond acceptors (Lipinski definition) is 3. The molecule has 0 saturated carbocycles. The van der Waals surface area contributed by atoms with Crippen molar-refractivity contribution in [3.8, 4) is 17.2 Å². The lowest BCUT2D eigenvalue weighted by atomic mass is 10.0. The van der Waals surface area contributed by atoms with Gasteiger partial charge in [-0.2, -0.15) is 5.26 Å². The molecule has 0 amide bonds. The van der Waals surface area contributed by atoms with Crippen molar-refractivity contribution in [2.45, 2.75) is 11.8 Å². The van der Waals surface area contributed by atoms with Gasteiger partial charge < -0.3 is 4.98 Å². The number of nitriles is 1. The summed E-state index contributed by atoms with van der Waals surface area (Å²) in [6, 6.07) is 21.6. The molecule has 6 heteroatoms. The van der Waals surface area contributed by atoms with Crippen LogP contribution in [-0.2, 0) is 10.0 Å². The summed E-state index contributed by atoms with van der Waals surface area (Å²) >= 11 is 0. The molecule has 138 valence electrons. The Labute approximate surface area is 163 Å². The van der Waals surface area contributed by atoms with Gasteiger partial charge in [-0.1, -0.05) is 36.4 Å². The monoisotopic (exact) mass is 387 g/mol. The molecule has 0 aliphatic rings. The number of fused-ring (bicyclic) bond motifs is 1. The maximum atomic E-state index is 12.9. The molecule has 0 radical (unpaired) electrons. The molecule has 28 heavy (non-hydrogen) atoms. The number of benzene rings is 3. The molecule has 1 aromatic heterocycles. The van der Waals surface area contributed by atoms with Gasteiger partial charge in [-0.05, 0) is 53.9 Å². The fourth-order valence-electron chi connectivity index (χ4n) is 3.18. The van der Waals surface area contributed by atoms with E-state index in [1.807, 2.05) is 61.7 Å². The fourth-order valence-corrected chi connectivity index (χ4v) is 4.29. The van der Waals surface area contributed by atoms with Crippen LogP contribution in [0.25, 0.3) is 22.0 Å². The summed E-state index contributed by atoms with van der Waals surface area (Å²) in [6.07, 6.45) is 1.85. The second kappa shape index (κ2) is 6.87. The van der Waals surface area contributed by atoms with Crippen LogP contribution in [0, 0.1) is 18.3 Å². The number of H-pyrrole nitrogens is 1. The molecule has 0 aliphatic heterocycles. The summed E-state index contributed by atoms with van der Waals surface area (Å²) in [7, 11) is -3.85. The first-order valence-corrected chi connectivity index (χ1v) is 10.2. The Morgan fingerprint density at radius 3 is 2.50 bits per heavy atom.